The minimum Gasteiger partial charge on any atom is -0.497 e. The third-order valence-electron chi connectivity index (χ3n) is 4.90. The number of fused-ring (bicyclic) bond motifs is 1. The van der Waals surface area contributed by atoms with Crippen LogP contribution < -0.4 is 9.46 Å². The number of hydrogen-bond donors (Lipinski definition) is 1. The predicted octanol–water partition coefficient (Wildman–Crippen LogP) is 6.04. The van der Waals surface area contributed by atoms with Crippen LogP contribution in [0, 0.1) is 0 Å². The Morgan fingerprint density at radius 2 is 1.60 bits per heavy atom. The van der Waals surface area contributed by atoms with Crippen molar-refractivity contribution in [1.29, 1.82) is 0 Å². The molecule has 4 aromatic rings. The summed E-state index contributed by atoms with van der Waals surface area (Å²) in [6.07, 6.45) is 2.02. The average molecular weight is 436 g/mol. The summed E-state index contributed by atoms with van der Waals surface area (Å²) in [5.74, 6) is 0.579. The van der Waals surface area contributed by atoms with Crippen LogP contribution in [0.2, 0.25) is 0 Å². The first kappa shape index (κ1) is 20.3. The Balaban J connectivity index is 1.94. The van der Waals surface area contributed by atoms with Crippen molar-refractivity contribution >= 4 is 38.2 Å². The van der Waals surface area contributed by atoms with Gasteiger partial charge in [0.1, 0.15) is 5.75 Å². The van der Waals surface area contributed by atoms with Gasteiger partial charge in [-0.1, -0.05) is 48.5 Å². The fourth-order valence-corrected chi connectivity index (χ4v) is 5.18. The van der Waals surface area contributed by atoms with Gasteiger partial charge in [-0.2, -0.15) is 0 Å². The lowest BCUT2D eigenvalue weighted by Gasteiger charge is -2.18. The Kier molecular flexibility index (Phi) is 5.70. The maximum absolute atomic E-state index is 13.0. The van der Waals surface area contributed by atoms with Gasteiger partial charge in [0.15, 0.2) is 0 Å². The molecule has 0 bridgehead atoms. The van der Waals surface area contributed by atoms with E-state index in [0.717, 1.165) is 26.8 Å². The second-order valence-corrected chi connectivity index (χ2v) is 9.22. The number of anilines is 1. The van der Waals surface area contributed by atoms with Crippen molar-refractivity contribution in [2.45, 2.75) is 9.79 Å². The molecule has 0 aliphatic rings. The van der Waals surface area contributed by atoms with Crippen LogP contribution >= 0.6 is 11.8 Å². The van der Waals surface area contributed by atoms with Gasteiger partial charge >= 0.3 is 0 Å². The molecule has 0 radical (unpaired) electrons. The number of rotatable bonds is 6. The molecule has 152 valence electrons. The van der Waals surface area contributed by atoms with Gasteiger partial charge in [-0.3, -0.25) is 4.72 Å². The normalized spacial score (nSPS) is 11.4. The lowest BCUT2D eigenvalue weighted by Crippen LogP contribution is -2.13. The van der Waals surface area contributed by atoms with Gasteiger partial charge in [0, 0.05) is 22.1 Å². The van der Waals surface area contributed by atoms with Crippen LogP contribution in [0.1, 0.15) is 0 Å². The van der Waals surface area contributed by atoms with E-state index in [1.165, 1.54) is 0 Å². The predicted molar refractivity (Wildman–Crippen MR) is 125 cm³/mol. The molecule has 0 spiro atoms. The molecule has 0 saturated heterocycles. The van der Waals surface area contributed by atoms with Crippen molar-refractivity contribution < 1.29 is 13.2 Å². The number of hydrogen-bond acceptors (Lipinski definition) is 4. The fraction of sp³-hybridized carbons (Fsp3) is 0.0833. The summed E-state index contributed by atoms with van der Waals surface area (Å²) in [5.41, 5.74) is 2.27. The van der Waals surface area contributed by atoms with Crippen LogP contribution in [-0.4, -0.2) is 21.8 Å². The molecule has 0 fully saturated rings. The van der Waals surface area contributed by atoms with Crippen LogP contribution in [0.15, 0.2) is 94.7 Å². The maximum Gasteiger partial charge on any atom is 0.261 e. The van der Waals surface area contributed by atoms with Gasteiger partial charge in [0.05, 0.1) is 17.7 Å². The number of benzene rings is 4. The summed E-state index contributed by atoms with van der Waals surface area (Å²) in [5, 5.41) is 2.16. The minimum atomic E-state index is -3.75. The maximum atomic E-state index is 13.0. The largest absolute Gasteiger partial charge is 0.497 e. The van der Waals surface area contributed by atoms with Crippen LogP contribution in [0.5, 0.6) is 5.75 Å². The smallest absolute Gasteiger partial charge is 0.261 e. The zero-order valence-corrected chi connectivity index (χ0v) is 18.3. The molecule has 4 nitrogen and oxygen atoms in total. The minimum absolute atomic E-state index is 0.210. The summed E-state index contributed by atoms with van der Waals surface area (Å²) in [7, 11) is -2.19. The van der Waals surface area contributed by atoms with Gasteiger partial charge in [0.2, 0.25) is 0 Å². The van der Waals surface area contributed by atoms with Crippen molar-refractivity contribution in [2.24, 2.45) is 0 Å². The highest BCUT2D eigenvalue weighted by Gasteiger charge is 2.19. The Morgan fingerprint density at radius 1 is 0.867 bits per heavy atom. The highest BCUT2D eigenvalue weighted by Crippen LogP contribution is 2.42. The number of thioether (sulfide) groups is 1. The third kappa shape index (κ3) is 3.88. The first-order chi connectivity index (χ1) is 14.5. The quantitative estimate of drug-likeness (QED) is 0.375. The second-order valence-electron chi connectivity index (χ2n) is 6.69. The Morgan fingerprint density at radius 3 is 2.33 bits per heavy atom. The van der Waals surface area contributed by atoms with E-state index in [0.29, 0.717) is 11.4 Å². The second kappa shape index (κ2) is 8.42. The van der Waals surface area contributed by atoms with Crippen LogP contribution in [-0.2, 0) is 10.0 Å². The number of sulfonamides is 1. The van der Waals surface area contributed by atoms with Crippen molar-refractivity contribution in [3.05, 3.63) is 84.9 Å². The molecule has 30 heavy (non-hydrogen) atoms. The first-order valence-electron chi connectivity index (χ1n) is 9.35. The molecule has 0 heterocycles. The summed E-state index contributed by atoms with van der Waals surface area (Å²) in [4.78, 5) is 1.28. The molecular weight excluding hydrogens is 414 g/mol. The molecule has 0 unspecified atom stereocenters. The lowest BCUT2D eigenvalue weighted by atomic mass is 9.97. The first-order valence-corrected chi connectivity index (χ1v) is 12.1. The SMILES string of the molecule is COc1ccc(-c2c(SC)ccc3ccccc23)c(NS(=O)(=O)c2ccccc2)c1. The summed E-state index contributed by atoms with van der Waals surface area (Å²) < 4.78 is 34.2. The summed E-state index contributed by atoms with van der Waals surface area (Å²) in [6.45, 7) is 0. The number of methoxy groups -OCH3 is 1. The van der Waals surface area contributed by atoms with E-state index in [9.17, 15) is 8.42 Å². The van der Waals surface area contributed by atoms with Gasteiger partial charge in [-0.25, -0.2) is 8.42 Å². The highest BCUT2D eigenvalue weighted by atomic mass is 32.2. The van der Waals surface area contributed by atoms with Crippen molar-refractivity contribution in [1.82, 2.24) is 0 Å². The molecule has 0 amide bonds. The van der Waals surface area contributed by atoms with Crippen molar-refractivity contribution in [3.8, 4) is 16.9 Å². The third-order valence-corrected chi connectivity index (χ3v) is 7.07. The zero-order valence-electron chi connectivity index (χ0n) is 16.6. The van der Waals surface area contributed by atoms with E-state index in [1.54, 1.807) is 55.3 Å². The molecule has 6 heteroatoms. The van der Waals surface area contributed by atoms with Crippen LogP contribution in [0.4, 0.5) is 5.69 Å². The Hall–Kier alpha value is -2.96. The standard InChI is InChI=1S/C24H21NO3S2/c1-28-18-13-14-21(22(16-18)25-30(26,27)19-9-4-3-5-10-19)24-20-11-7-6-8-17(20)12-15-23(24)29-2/h3-16,25H,1-2H3. The van der Waals surface area contributed by atoms with E-state index in [4.69, 9.17) is 4.74 Å². The molecule has 4 aromatic carbocycles. The highest BCUT2D eigenvalue weighted by molar-refractivity contribution is 7.98. The van der Waals surface area contributed by atoms with Gasteiger partial charge in [0.25, 0.3) is 10.0 Å². The van der Waals surface area contributed by atoms with Crippen molar-refractivity contribution in [2.75, 3.05) is 18.1 Å². The average Bonchev–Trinajstić information content (AvgIpc) is 2.78. The van der Waals surface area contributed by atoms with Crippen LogP contribution in [0.25, 0.3) is 21.9 Å². The van der Waals surface area contributed by atoms with Gasteiger partial charge < -0.3 is 4.74 Å². The molecule has 0 aliphatic carbocycles. The summed E-state index contributed by atoms with van der Waals surface area (Å²) >= 11 is 1.63. The van der Waals surface area contributed by atoms with E-state index < -0.39 is 10.0 Å². The number of nitrogens with one attached hydrogen (secondary N) is 1. The van der Waals surface area contributed by atoms with Crippen LogP contribution in [0.3, 0.4) is 0 Å². The summed E-state index contributed by atoms with van der Waals surface area (Å²) in [6, 6.07) is 26.1. The molecule has 0 aliphatic heterocycles. The molecule has 0 saturated carbocycles. The van der Waals surface area contributed by atoms with Gasteiger partial charge in [-0.15, -0.1) is 11.8 Å². The molecule has 1 N–H and O–H groups in total. The van der Waals surface area contributed by atoms with E-state index in [1.807, 2.05) is 30.5 Å². The van der Waals surface area contributed by atoms with Crippen molar-refractivity contribution in [3.63, 3.8) is 0 Å². The molecular formula is C24H21NO3S2. The number of ether oxygens (including phenoxy) is 1. The molecule has 0 aromatic heterocycles. The fourth-order valence-electron chi connectivity index (χ4n) is 3.46. The monoisotopic (exact) mass is 435 g/mol. The van der Waals surface area contributed by atoms with E-state index in [-0.39, 0.29) is 4.90 Å². The van der Waals surface area contributed by atoms with E-state index in [2.05, 4.69) is 29.0 Å². The zero-order chi connectivity index (χ0) is 21.1. The Labute approximate surface area is 181 Å². The molecule has 4 rings (SSSR count). The topological polar surface area (TPSA) is 55.4 Å². The Bertz CT molecular complexity index is 1300. The molecule has 0 atom stereocenters. The van der Waals surface area contributed by atoms with E-state index >= 15 is 0 Å². The lowest BCUT2D eigenvalue weighted by molar-refractivity contribution is 0.415. The van der Waals surface area contributed by atoms with Gasteiger partial charge in [-0.05, 0) is 47.4 Å².